The van der Waals surface area contributed by atoms with E-state index in [1.165, 1.54) is 22.7 Å². The number of benzene rings is 1. The van der Waals surface area contributed by atoms with Gasteiger partial charge in [-0.1, -0.05) is 23.7 Å². The van der Waals surface area contributed by atoms with Crippen LogP contribution in [0.15, 0.2) is 52.8 Å². The van der Waals surface area contributed by atoms with Crippen molar-refractivity contribution in [3.05, 3.63) is 79.6 Å². The van der Waals surface area contributed by atoms with Gasteiger partial charge in [0.25, 0.3) is 0 Å². The van der Waals surface area contributed by atoms with Crippen LogP contribution in [-0.4, -0.2) is 38.7 Å². The number of hydrogen-bond acceptors (Lipinski definition) is 7. The molecule has 0 saturated carbocycles. The lowest BCUT2D eigenvalue weighted by Gasteiger charge is -2.02. The lowest BCUT2D eigenvalue weighted by atomic mass is 10.1. The van der Waals surface area contributed by atoms with Gasteiger partial charge in [0.1, 0.15) is 12.3 Å². The van der Waals surface area contributed by atoms with E-state index in [1.807, 2.05) is 37.6 Å². The molecule has 0 aliphatic rings. The van der Waals surface area contributed by atoms with Crippen molar-refractivity contribution in [3.8, 4) is 16.2 Å². The van der Waals surface area contributed by atoms with Crippen molar-refractivity contribution in [2.45, 2.75) is 26.7 Å². The van der Waals surface area contributed by atoms with Crippen LogP contribution in [0.2, 0.25) is 5.02 Å². The Morgan fingerprint density at radius 2 is 1.80 bits per heavy atom. The molecule has 0 spiro atoms. The summed E-state index contributed by atoms with van der Waals surface area (Å²) in [7, 11) is 1.88. The number of hydrogen-bond donors (Lipinski definition) is 1. The third kappa shape index (κ3) is 5.78. The van der Waals surface area contributed by atoms with Crippen molar-refractivity contribution in [2.24, 2.45) is 12.0 Å². The van der Waals surface area contributed by atoms with Crippen LogP contribution in [0.4, 0.5) is 0 Å². The first-order valence-electron chi connectivity index (χ1n) is 11.0. The number of thiophene rings is 2. The summed E-state index contributed by atoms with van der Waals surface area (Å²) in [6.07, 6.45) is 0.905. The van der Waals surface area contributed by atoms with Gasteiger partial charge in [0.15, 0.2) is 11.6 Å². The predicted octanol–water partition coefficient (Wildman–Crippen LogP) is 6.38. The van der Waals surface area contributed by atoms with E-state index in [9.17, 15) is 14.7 Å². The van der Waals surface area contributed by atoms with Crippen LogP contribution in [-0.2, 0) is 13.5 Å². The van der Waals surface area contributed by atoms with Gasteiger partial charge in [-0.3, -0.25) is 19.3 Å². The number of aliphatic imine (C=N–C) groups is 1. The van der Waals surface area contributed by atoms with E-state index in [1.54, 1.807) is 35.9 Å². The molecule has 4 rings (SSSR count). The maximum absolute atomic E-state index is 12.7. The molecule has 0 amide bonds. The Morgan fingerprint density at radius 1 is 1.11 bits per heavy atom. The summed E-state index contributed by atoms with van der Waals surface area (Å²) in [5, 5.41) is 17.5. The van der Waals surface area contributed by atoms with Crippen LogP contribution in [0.5, 0.6) is 5.75 Å². The molecule has 35 heavy (non-hydrogen) atoms. The summed E-state index contributed by atoms with van der Waals surface area (Å²) in [5.41, 5.74) is 3.96. The molecule has 0 atom stereocenters. The zero-order valence-electron chi connectivity index (χ0n) is 19.5. The largest absolute Gasteiger partial charge is 0.506 e. The molecule has 3 heterocycles. The second kappa shape index (κ2) is 10.7. The molecule has 1 aromatic carbocycles. The zero-order chi connectivity index (χ0) is 25.1. The van der Waals surface area contributed by atoms with Crippen molar-refractivity contribution in [1.82, 2.24) is 9.78 Å². The predicted molar refractivity (Wildman–Crippen MR) is 143 cm³/mol. The van der Waals surface area contributed by atoms with Gasteiger partial charge >= 0.3 is 0 Å². The SMILES string of the molecule is CC(=NCC(=O)c1ccc(C(=O)CCc2cc(C)n(C)n2)s1)c1csc(-c2ccc(Cl)cc2)c1O. The number of aromatic hydroxyl groups is 1. The molecule has 0 aliphatic heterocycles. The Labute approximate surface area is 216 Å². The smallest absolute Gasteiger partial charge is 0.194 e. The number of carbonyl (C=O) groups excluding carboxylic acids is 2. The molecule has 0 unspecified atom stereocenters. The lowest BCUT2D eigenvalue weighted by molar-refractivity contribution is 0.0984. The highest BCUT2D eigenvalue weighted by atomic mass is 35.5. The zero-order valence-corrected chi connectivity index (χ0v) is 21.9. The summed E-state index contributed by atoms with van der Waals surface area (Å²) in [6.45, 7) is 3.68. The fourth-order valence-corrected chi connectivity index (χ4v) is 5.57. The van der Waals surface area contributed by atoms with E-state index in [-0.39, 0.29) is 23.9 Å². The van der Waals surface area contributed by atoms with Gasteiger partial charge in [0, 0.05) is 40.8 Å². The number of ketones is 2. The van der Waals surface area contributed by atoms with Crippen LogP contribution in [0.1, 0.15) is 49.6 Å². The van der Waals surface area contributed by atoms with Gasteiger partial charge in [-0.15, -0.1) is 22.7 Å². The highest BCUT2D eigenvalue weighted by Crippen LogP contribution is 2.39. The van der Waals surface area contributed by atoms with Crippen LogP contribution >= 0.6 is 34.3 Å². The van der Waals surface area contributed by atoms with E-state index in [4.69, 9.17) is 11.6 Å². The monoisotopic (exact) mass is 525 g/mol. The van der Waals surface area contributed by atoms with E-state index < -0.39 is 0 Å². The molecule has 0 aliphatic carbocycles. The maximum Gasteiger partial charge on any atom is 0.194 e. The Hall–Kier alpha value is -3.07. The Balaban J connectivity index is 1.38. The van der Waals surface area contributed by atoms with Crippen LogP contribution < -0.4 is 0 Å². The average molecular weight is 526 g/mol. The van der Waals surface area contributed by atoms with Crippen molar-refractivity contribution in [1.29, 1.82) is 0 Å². The Morgan fingerprint density at radius 3 is 2.46 bits per heavy atom. The Bertz CT molecular complexity index is 1390. The fraction of sp³-hybridized carbons (Fsp3) is 0.231. The minimum absolute atomic E-state index is 0.00466. The average Bonchev–Trinajstić information content (AvgIpc) is 3.56. The fourth-order valence-electron chi connectivity index (χ4n) is 3.53. The first-order chi connectivity index (χ1) is 16.7. The molecule has 9 heteroatoms. The minimum Gasteiger partial charge on any atom is -0.506 e. The second-order valence-corrected chi connectivity index (χ2v) is 10.5. The standard InChI is InChI=1S/C26H24ClN3O3S2/c1-15-12-19(29-30(15)3)8-9-21(31)23-10-11-24(35-23)22(32)13-28-16(2)20-14-34-26(25(20)33)17-4-6-18(27)7-5-17/h4-7,10-12,14,33H,8-9,13H2,1-3H3. The summed E-state index contributed by atoms with van der Waals surface area (Å²) >= 11 is 8.55. The molecular weight excluding hydrogens is 502 g/mol. The van der Waals surface area contributed by atoms with Gasteiger partial charge < -0.3 is 5.11 Å². The van der Waals surface area contributed by atoms with Crippen molar-refractivity contribution < 1.29 is 14.7 Å². The van der Waals surface area contributed by atoms with Gasteiger partial charge in [0.2, 0.25) is 0 Å². The van der Waals surface area contributed by atoms with Crippen LogP contribution in [0.25, 0.3) is 10.4 Å². The first kappa shape index (κ1) is 25.0. The molecule has 3 aromatic heterocycles. The summed E-state index contributed by atoms with van der Waals surface area (Å²) in [6, 6.07) is 12.6. The quantitative estimate of drug-likeness (QED) is 0.203. The van der Waals surface area contributed by atoms with Gasteiger partial charge in [-0.2, -0.15) is 5.10 Å². The maximum atomic E-state index is 12.7. The molecule has 0 fully saturated rings. The minimum atomic E-state index is -0.165. The topological polar surface area (TPSA) is 84.5 Å². The molecule has 4 aromatic rings. The van der Waals surface area contributed by atoms with Crippen LogP contribution in [0.3, 0.4) is 0 Å². The molecule has 1 N–H and O–H groups in total. The number of aryl methyl sites for hydroxylation is 3. The molecule has 0 saturated heterocycles. The van der Waals surface area contributed by atoms with Gasteiger partial charge in [-0.25, -0.2) is 0 Å². The number of aromatic nitrogens is 2. The summed E-state index contributed by atoms with van der Waals surface area (Å²) in [5.74, 6) is -0.0329. The number of nitrogens with zero attached hydrogens (tertiary/aromatic N) is 3. The molecule has 180 valence electrons. The second-order valence-electron chi connectivity index (χ2n) is 8.15. The highest BCUT2D eigenvalue weighted by Gasteiger charge is 2.17. The Kier molecular flexibility index (Phi) is 7.64. The van der Waals surface area contributed by atoms with Crippen molar-refractivity contribution in [3.63, 3.8) is 0 Å². The normalized spacial score (nSPS) is 11.7. The summed E-state index contributed by atoms with van der Waals surface area (Å²) in [4.78, 5) is 31.4. The summed E-state index contributed by atoms with van der Waals surface area (Å²) < 4.78 is 1.79. The lowest BCUT2D eigenvalue weighted by Crippen LogP contribution is -2.04. The molecule has 0 radical (unpaired) electrons. The third-order valence-corrected chi connectivity index (χ3v) is 8.09. The van der Waals surface area contributed by atoms with E-state index >= 15 is 0 Å². The number of rotatable bonds is 9. The molecule has 0 bridgehead atoms. The van der Waals surface area contributed by atoms with E-state index in [0.29, 0.717) is 38.9 Å². The van der Waals surface area contributed by atoms with Gasteiger partial charge in [-0.05, 0) is 56.2 Å². The number of Topliss-reactive ketones (excluding diaryl/α,β-unsaturated/α-hetero) is 2. The van der Waals surface area contributed by atoms with Gasteiger partial charge in [0.05, 0.1) is 20.3 Å². The van der Waals surface area contributed by atoms with Crippen LogP contribution in [0, 0.1) is 6.92 Å². The van der Waals surface area contributed by atoms with E-state index in [2.05, 4.69) is 10.1 Å². The number of halogens is 1. The first-order valence-corrected chi connectivity index (χ1v) is 13.0. The highest BCUT2D eigenvalue weighted by molar-refractivity contribution is 7.16. The van der Waals surface area contributed by atoms with Crippen molar-refractivity contribution in [2.75, 3.05) is 6.54 Å². The molecular formula is C26H24ClN3O3S2. The third-order valence-electron chi connectivity index (χ3n) is 5.65. The van der Waals surface area contributed by atoms with Crippen molar-refractivity contribution >= 4 is 51.6 Å². The van der Waals surface area contributed by atoms with E-state index in [0.717, 1.165) is 21.8 Å². The number of carbonyl (C=O) groups is 2. The molecule has 6 nitrogen and oxygen atoms in total.